The van der Waals surface area contributed by atoms with E-state index in [0.717, 1.165) is 0 Å². The topological polar surface area (TPSA) is 86.7 Å². The number of ether oxygens (including phenoxy) is 2. The molecule has 0 N–H and O–H groups in total. The number of ketones is 2. The van der Waals surface area contributed by atoms with Gasteiger partial charge < -0.3 is 9.47 Å². The van der Waals surface area contributed by atoms with Crippen molar-refractivity contribution < 1.29 is 28.7 Å². The Bertz CT molecular complexity index is 457. The van der Waals surface area contributed by atoms with Gasteiger partial charge in [0.25, 0.3) is 0 Å². The lowest BCUT2D eigenvalue weighted by molar-refractivity contribution is -0.144. The lowest BCUT2D eigenvalue weighted by Crippen LogP contribution is -2.16. The zero-order chi connectivity index (χ0) is 16.5. The largest absolute Gasteiger partial charge is 0.459 e. The molecule has 0 fully saturated rings. The van der Waals surface area contributed by atoms with Crippen LogP contribution < -0.4 is 0 Å². The quantitative estimate of drug-likeness (QED) is 0.633. The highest BCUT2D eigenvalue weighted by Gasteiger charge is 2.12. The fraction of sp³-hybridized carbons (Fsp3) is 0.500. The van der Waals surface area contributed by atoms with Crippen molar-refractivity contribution in [3.63, 3.8) is 0 Å². The van der Waals surface area contributed by atoms with E-state index in [0.29, 0.717) is 25.7 Å². The summed E-state index contributed by atoms with van der Waals surface area (Å²) >= 11 is 0. The Morgan fingerprint density at radius 1 is 0.727 bits per heavy atom. The second-order valence-electron chi connectivity index (χ2n) is 5.17. The molecule has 0 aromatic rings. The minimum atomic E-state index is -0.425. The Hall–Kier alpha value is -2.24. The molecular formula is C16H20O6. The summed E-state index contributed by atoms with van der Waals surface area (Å²) in [5, 5.41) is 0. The molecule has 0 spiro atoms. The van der Waals surface area contributed by atoms with E-state index in [4.69, 9.17) is 9.47 Å². The Balaban J connectivity index is 0.000000220. The fourth-order valence-electron chi connectivity index (χ4n) is 1.77. The highest BCUT2D eigenvalue weighted by molar-refractivity contribution is 5.96. The van der Waals surface area contributed by atoms with Gasteiger partial charge in [0.05, 0.1) is 12.2 Å². The first-order valence-electron chi connectivity index (χ1n) is 7.20. The first-order valence-corrected chi connectivity index (χ1v) is 7.20. The molecule has 2 unspecified atom stereocenters. The third kappa shape index (κ3) is 7.52. The Kier molecular flexibility index (Phi) is 7.22. The predicted octanol–water partition coefficient (Wildman–Crippen LogP) is 1.67. The van der Waals surface area contributed by atoms with E-state index in [1.54, 1.807) is 13.8 Å². The Morgan fingerprint density at radius 2 is 1.09 bits per heavy atom. The van der Waals surface area contributed by atoms with Crippen molar-refractivity contribution in [2.24, 2.45) is 0 Å². The second-order valence-corrected chi connectivity index (χ2v) is 5.17. The van der Waals surface area contributed by atoms with Gasteiger partial charge in [0.2, 0.25) is 0 Å². The molecule has 0 aromatic heterocycles. The van der Waals surface area contributed by atoms with Gasteiger partial charge in [-0.25, -0.2) is 9.59 Å². The van der Waals surface area contributed by atoms with Crippen LogP contribution in [-0.2, 0) is 28.7 Å². The Labute approximate surface area is 129 Å². The number of allylic oxidation sites excluding steroid dienone is 2. The highest BCUT2D eigenvalue weighted by Crippen LogP contribution is 2.07. The summed E-state index contributed by atoms with van der Waals surface area (Å²) in [4.78, 5) is 43.1. The van der Waals surface area contributed by atoms with Crippen LogP contribution >= 0.6 is 0 Å². The van der Waals surface area contributed by atoms with Gasteiger partial charge in [-0.05, 0) is 38.8 Å². The van der Waals surface area contributed by atoms with E-state index >= 15 is 0 Å². The van der Waals surface area contributed by atoms with Gasteiger partial charge in [0.15, 0.2) is 11.6 Å². The summed E-state index contributed by atoms with van der Waals surface area (Å²) < 4.78 is 9.72. The van der Waals surface area contributed by atoms with Crippen molar-refractivity contribution in [3.8, 4) is 0 Å². The van der Waals surface area contributed by atoms with Crippen LogP contribution in [0.4, 0.5) is 0 Å². The zero-order valence-corrected chi connectivity index (χ0v) is 12.7. The molecule has 120 valence electrons. The minimum absolute atomic E-state index is 0.00602. The summed E-state index contributed by atoms with van der Waals surface area (Å²) in [6.45, 7) is 3.56. The molecule has 6 nitrogen and oxygen atoms in total. The lowest BCUT2D eigenvalue weighted by Gasteiger charge is -2.12. The van der Waals surface area contributed by atoms with E-state index in [-0.39, 0.29) is 23.8 Å². The number of cyclic esters (lactones) is 2. The SMILES string of the molecule is CC1CCC(=O)/C=C/C(=O)O1.CC1CCC(=O)/C=C\C(=O)O1. The van der Waals surface area contributed by atoms with Gasteiger partial charge in [-0.1, -0.05) is 0 Å². The van der Waals surface area contributed by atoms with Crippen LogP contribution in [0.3, 0.4) is 0 Å². The third-order valence-corrected chi connectivity index (χ3v) is 3.04. The van der Waals surface area contributed by atoms with Crippen molar-refractivity contribution >= 4 is 23.5 Å². The van der Waals surface area contributed by atoms with Crippen molar-refractivity contribution in [3.05, 3.63) is 24.3 Å². The van der Waals surface area contributed by atoms with E-state index in [1.807, 2.05) is 0 Å². The molecule has 0 aliphatic carbocycles. The van der Waals surface area contributed by atoms with Gasteiger partial charge in [-0.2, -0.15) is 0 Å². The molecule has 0 bridgehead atoms. The Morgan fingerprint density at radius 3 is 1.45 bits per heavy atom. The van der Waals surface area contributed by atoms with Crippen LogP contribution in [0.2, 0.25) is 0 Å². The average molecular weight is 308 g/mol. The maximum atomic E-state index is 10.8. The molecule has 0 amide bonds. The smallest absolute Gasteiger partial charge is 0.331 e. The third-order valence-electron chi connectivity index (χ3n) is 3.04. The van der Waals surface area contributed by atoms with Crippen LogP contribution in [0.15, 0.2) is 24.3 Å². The zero-order valence-electron chi connectivity index (χ0n) is 12.7. The molecule has 0 saturated heterocycles. The average Bonchev–Trinajstić information content (AvgIpc) is 2.45. The second kappa shape index (κ2) is 8.92. The number of carbonyl (C=O) groups excluding carboxylic acids is 4. The molecule has 0 saturated carbocycles. The summed E-state index contributed by atoms with van der Waals surface area (Å²) in [5.41, 5.74) is 0. The van der Waals surface area contributed by atoms with Gasteiger partial charge in [-0.15, -0.1) is 0 Å². The maximum Gasteiger partial charge on any atom is 0.331 e. The number of esters is 2. The van der Waals surface area contributed by atoms with E-state index in [1.165, 1.54) is 24.3 Å². The monoisotopic (exact) mass is 308 g/mol. The first kappa shape index (κ1) is 17.8. The molecule has 0 aromatic carbocycles. The van der Waals surface area contributed by atoms with Gasteiger partial charge in [0.1, 0.15) is 0 Å². The van der Waals surface area contributed by atoms with Crippen LogP contribution in [-0.4, -0.2) is 35.7 Å². The molecule has 0 radical (unpaired) electrons. The molecule has 6 heteroatoms. The van der Waals surface area contributed by atoms with Crippen LogP contribution in [0.5, 0.6) is 0 Å². The van der Waals surface area contributed by atoms with Crippen molar-refractivity contribution in [1.29, 1.82) is 0 Å². The normalized spacial score (nSPS) is 28.6. The summed E-state index contributed by atoms with van der Waals surface area (Å²) in [6.07, 6.45) is 6.78. The molecular weight excluding hydrogens is 288 g/mol. The van der Waals surface area contributed by atoms with E-state index in [2.05, 4.69) is 0 Å². The van der Waals surface area contributed by atoms with Gasteiger partial charge in [-0.3, -0.25) is 9.59 Å². The summed E-state index contributed by atoms with van der Waals surface area (Å²) in [5.74, 6) is -0.863. The molecule has 2 aliphatic heterocycles. The number of carbonyl (C=O) groups is 4. The fourth-order valence-corrected chi connectivity index (χ4v) is 1.77. The summed E-state index contributed by atoms with van der Waals surface area (Å²) in [6, 6.07) is 0. The molecule has 22 heavy (non-hydrogen) atoms. The highest BCUT2D eigenvalue weighted by atomic mass is 16.5. The van der Waals surface area contributed by atoms with Crippen LogP contribution in [0, 0.1) is 0 Å². The molecule has 2 atom stereocenters. The van der Waals surface area contributed by atoms with E-state index in [9.17, 15) is 19.2 Å². The van der Waals surface area contributed by atoms with Crippen molar-refractivity contribution in [2.45, 2.75) is 51.7 Å². The maximum absolute atomic E-state index is 10.8. The standard InChI is InChI=1S/2C8H10O3/c2*1-6-2-3-7(9)4-5-8(10)11-6/h2*4-6H,2-3H2,1H3/b5-4+;5-4-. The molecule has 2 rings (SSSR count). The lowest BCUT2D eigenvalue weighted by atomic mass is 10.1. The van der Waals surface area contributed by atoms with Crippen molar-refractivity contribution in [1.82, 2.24) is 0 Å². The molecule has 2 heterocycles. The number of rotatable bonds is 0. The van der Waals surface area contributed by atoms with E-state index < -0.39 is 11.9 Å². The summed E-state index contributed by atoms with van der Waals surface area (Å²) in [7, 11) is 0. The van der Waals surface area contributed by atoms with Gasteiger partial charge in [0, 0.05) is 25.0 Å². The van der Waals surface area contributed by atoms with Crippen molar-refractivity contribution in [2.75, 3.05) is 0 Å². The predicted molar refractivity (Wildman–Crippen MR) is 77.9 cm³/mol. The van der Waals surface area contributed by atoms with Crippen LogP contribution in [0.25, 0.3) is 0 Å². The number of hydrogen-bond donors (Lipinski definition) is 0. The minimum Gasteiger partial charge on any atom is -0.459 e. The first-order chi connectivity index (χ1) is 10.4. The molecule has 2 aliphatic rings. The van der Waals surface area contributed by atoms with Gasteiger partial charge >= 0.3 is 11.9 Å². The number of hydrogen-bond acceptors (Lipinski definition) is 6. The van der Waals surface area contributed by atoms with Crippen LogP contribution in [0.1, 0.15) is 39.5 Å².